The lowest BCUT2D eigenvalue weighted by Crippen LogP contribution is -2.03. The summed E-state index contributed by atoms with van der Waals surface area (Å²) in [6.45, 7) is 0. The normalized spacial score (nSPS) is 10.2. The first kappa shape index (κ1) is 12.6. The molecule has 1 aromatic heterocycles. The second kappa shape index (κ2) is 5.22. The summed E-state index contributed by atoms with van der Waals surface area (Å²) >= 11 is 3.36. The molecule has 1 heterocycles. The summed E-state index contributed by atoms with van der Waals surface area (Å²) in [6.07, 6.45) is 0. The number of ether oxygens (including phenoxy) is 2. The summed E-state index contributed by atoms with van der Waals surface area (Å²) in [4.78, 5) is 11.5. The molecule has 0 bridgehead atoms. The van der Waals surface area contributed by atoms with Crippen LogP contribution in [0.2, 0.25) is 0 Å². The number of nitrogens with zero attached hydrogens (tertiary/aromatic N) is 1. The summed E-state index contributed by atoms with van der Waals surface area (Å²) in [5.41, 5.74) is 1.63. The molecule has 0 aliphatic heterocycles. The van der Waals surface area contributed by atoms with Crippen molar-refractivity contribution in [3.05, 3.63) is 34.4 Å². The number of halogens is 1. The molecule has 2 rings (SSSR count). The Labute approximate surface area is 112 Å². The van der Waals surface area contributed by atoms with Gasteiger partial charge in [-0.15, -0.1) is 0 Å². The van der Waals surface area contributed by atoms with Crippen molar-refractivity contribution in [3.63, 3.8) is 0 Å². The molecule has 0 aliphatic rings. The van der Waals surface area contributed by atoms with Crippen LogP contribution in [0.1, 0.15) is 10.5 Å². The molecule has 94 valence electrons. The van der Waals surface area contributed by atoms with Gasteiger partial charge in [-0.25, -0.2) is 4.79 Å². The fourth-order valence-corrected chi connectivity index (χ4v) is 1.84. The Balaban J connectivity index is 2.48. The van der Waals surface area contributed by atoms with Gasteiger partial charge in [-0.1, -0.05) is 28.1 Å². The molecule has 0 fully saturated rings. The molecule has 1 aromatic carbocycles. The monoisotopic (exact) mass is 310 g/mol. The molecule has 2 aromatic rings. The molecule has 0 atom stereocenters. The van der Waals surface area contributed by atoms with Crippen molar-refractivity contribution in [2.45, 2.75) is 0 Å². The van der Waals surface area contributed by atoms with Crippen LogP contribution in [0.4, 0.5) is 0 Å². The molecule has 0 aliphatic carbocycles. The van der Waals surface area contributed by atoms with E-state index < -0.39 is 5.97 Å². The first-order valence-electron chi connectivity index (χ1n) is 5.14. The van der Waals surface area contributed by atoms with Crippen molar-refractivity contribution >= 4 is 21.9 Å². The molecular weight excluding hydrogens is 300 g/mol. The van der Waals surface area contributed by atoms with Crippen LogP contribution in [0.3, 0.4) is 0 Å². The number of carbonyl (C=O) groups is 1. The van der Waals surface area contributed by atoms with E-state index in [0.717, 1.165) is 10.0 Å². The fraction of sp³-hybridized carbons (Fsp3) is 0.167. The van der Waals surface area contributed by atoms with Crippen LogP contribution in [-0.2, 0) is 4.74 Å². The second-order valence-corrected chi connectivity index (χ2v) is 4.39. The maximum Gasteiger partial charge on any atom is 0.360 e. The van der Waals surface area contributed by atoms with Gasteiger partial charge < -0.3 is 9.47 Å². The molecule has 18 heavy (non-hydrogen) atoms. The van der Waals surface area contributed by atoms with Crippen LogP contribution in [0.15, 0.2) is 28.7 Å². The first-order valence-corrected chi connectivity index (χ1v) is 5.93. The number of carbonyl (C=O) groups excluding carboxylic acids is 1. The Morgan fingerprint density at radius 3 is 2.50 bits per heavy atom. The summed E-state index contributed by atoms with van der Waals surface area (Å²) in [7, 11) is 2.79. The zero-order valence-corrected chi connectivity index (χ0v) is 11.4. The van der Waals surface area contributed by atoms with Gasteiger partial charge >= 0.3 is 5.97 Å². The smallest absolute Gasteiger partial charge is 0.360 e. The quantitative estimate of drug-likeness (QED) is 0.885. The Bertz CT molecular complexity index is 563. The molecule has 0 radical (unpaired) electrons. The topological polar surface area (TPSA) is 64.2 Å². The summed E-state index contributed by atoms with van der Waals surface area (Å²) < 4.78 is 10.8. The zero-order valence-electron chi connectivity index (χ0n) is 9.86. The molecule has 0 amide bonds. The van der Waals surface area contributed by atoms with Crippen molar-refractivity contribution in [1.82, 2.24) is 10.2 Å². The van der Waals surface area contributed by atoms with E-state index in [1.54, 1.807) is 0 Å². The first-order chi connectivity index (χ1) is 8.67. The predicted molar refractivity (Wildman–Crippen MR) is 69.6 cm³/mol. The number of H-pyrrole nitrogens is 1. The number of benzene rings is 1. The van der Waals surface area contributed by atoms with Gasteiger partial charge in [0.2, 0.25) is 0 Å². The van der Waals surface area contributed by atoms with E-state index in [2.05, 4.69) is 30.9 Å². The third kappa shape index (κ3) is 2.24. The van der Waals surface area contributed by atoms with E-state index in [1.807, 2.05) is 24.3 Å². The molecular formula is C12H11BrN2O3. The van der Waals surface area contributed by atoms with Crippen molar-refractivity contribution in [3.8, 4) is 17.0 Å². The van der Waals surface area contributed by atoms with Gasteiger partial charge in [0.15, 0.2) is 11.4 Å². The molecule has 0 unspecified atom stereocenters. The number of hydrogen-bond donors (Lipinski definition) is 1. The third-order valence-corrected chi connectivity index (χ3v) is 2.96. The van der Waals surface area contributed by atoms with E-state index in [9.17, 15) is 4.79 Å². The van der Waals surface area contributed by atoms with Crippen LogP contribution in [0, 0.1) is 0 Å². The number of hydrogen-bond acceptors (Lipinski definition) is 4. The Hall–Kier alpha value is -1.82. The minimum atomic E-state index is -0.511. The van der Waals surface area contributed by atoms with Crippen LogP contribution >= 0.6 is 15.9 Å². The largest absolute Gasteiger partial charge is 0.492 e. The number of esters is 1. The van der Waals surface area contributed by atoms with Crippen molar-refractivity contribution < 1.29 is 14.3 Å². The van der Waals surface area contributed by atoms with E-state index in [1.165, 1.54) is 14.2 Å². The molecule has 0 spiro atoms. The van der Waals surface area contributed by atoms with Gasteiger partial charge in [0.25, 0.3) is 0 Å². The molecule has 0 saturated carbocycles. The van der Waals surface area contributed by atoms with Crippen LogP contribution in [-0.4, -0.2) is 30.4 Å². The minimum Gasteiger partial charge on any atom is -0.492 e. The number of rotatable bonds is 3. The number of aromatic nitrogens is 2. The van der Waals surface area contributed by atoms with Crippen molar-refractivity contribution in [1.29, 1.82) is 0 Å². The minimum absolute atomic E-state index is 0.206. The van der Waals surface area contributed by atoms with Crippen molar-refractivity contribution in [2.24, 2.45) is 0 Å². The molecule has 6 heteroatoms. The zero-order chi connectivity index (χ0) is 13.1. The van der Waals surface area contributed by atoms with Gasteiger partial charge in [0.1, 0.15) is 5.69 Å². The van der Waals surface area contributed by atoms with Gasteiger partial charge in [0, 0.05) is 10.0 Å². The molecule has 5 nitrogen and oxygen atoms in total. The summed E-state index contributed by atoms with van der Waals surface area (Å²) in [6, 6.07) is 7.54. The molecule has 1 N–H and O–H groups in total. The lowest BCUT2D eigenvalue weighted by Gasteiger charge is -2.03. The Morgan fingerprint density at radius 2 is 1.94 bits per heavy atom. The van der Waals surface area contributed by atoms with Crippen LogP contribution in [0.25, 0.3) is 11.3 Å². The summed E-state index contributed by atoms with van der Waals surface area (Å²) in [5, 5.41) is 6.72. The maximum atomic E-state index is 11.5. The lowest BCUT2D eigenvalue weighted by molar-refractivity contribution is 0.0590. The number of aromatic amines is 1. The maximum absolute atomic E-state index is 11.5. The van der Waals surface area contributed by atoms with E-state index in [0.29, 0.717) is 11.4 Å². The SMILES string of the molecule is COC(=O)c1[nH]nc(-c2ccc(Br)cc2)c1OC. The lowest BCUT2D eigenvalue weighted by atomic mass is 10.1. The highest BCUT2D eigenvalue weighted by Gasteiger charge is 2.21. The highest BCUT2D eigenvalue weighted by Crippen LogP contribution is 2.31. The van der Waals surface area contributed by atoms with Crippen LogP contribution < -0.4 is 4.74 Å². The van der Waals surface area contributed by atoms with Crippen molar-refractivity contribution in [2.75, 3.05) is 14.2 Å². The highest BCUT2D eigenvalue weighted by molar-refractivity contribution is 9.10. The van der Waals surface area contributed by atoms with E-state index >= 15 is 0 Å². The van der Waals surface area contributed by atoms with Gasteiger partial charge in [0.05, 0.1) is 14.2 Å². The Kier molecular flexibility index (Phi) is 3.66. The number of methoxy groups -OCH3 is 2. The molecule has 0 saturated heterocycles. The average Bonchev–Trinajstić information content (AvgIpc) is 2.82. The fourth-order valence-electron chi connectivity index (χ4n) is 1.57. The number of nitrogens with one attached hydrogen (secondary N) is 1. The third-order valence-electron chi connectivity index (χ3n) is 2.43. The summed E-state index contributed by atoms with van der Waals surface area (Å²) in [5.74, 6) is -0.133. The second-order valence-electron chi connectivity index (χ2n) is 3.48. The van der Waals surface area contributed by atoms with E-state index in [-0.39, 0.29) is 5.69 Å². The average molecular weight is 311 g/mol. The standard InChI is InChI=1S/C12H11BrN2O3/c1-17-11-9(7-3-5-8(13)6-4-7)14-15-10(11)12(16)18-2/h3-6H,1-2H3,(H,14,15). The Morgan fingerprint density at radius 1 is 1.28 bits per heavy atom. The van der Waals surface area contributed by atoms with Crippen LogP contribution in [0.5, 0.6) is 5.75 Å². The predicted octanol–water partition coefficient (Wildman–Crippen LogP) is 2.63. The van der Waals surface area contributed by atoms with E-state index in [4.69, 9.17) is 4.74 Å². The highest BCUT2D eigenvalue weighted by atomic mass is 79.9. The van der Waals surface area contributed by atoms with Gasteiger partial charge in [-0.2, -0.15) is 5.10 Å². The van der Waals surface area contributed by atoms with Gasteiger partial charge in [-0.05, 0) is 12.1 Å². The van der Waals surface area contributed by atoms with Gasteiger partial charge in [-0.3, -0.25) is 5.10 Å².